The lowest BCUT2D eigenvalue weighted by Gasteiger charge is -2.17. The van der Waals surface area contributed by atoms with E-state index in [1.54, 1.807) is 7.11 Å². The lowest BCUT2D eigenvalue weighted by atomic mass is 10.3. The fraction of sp³-hybridized carbons (Fsp3) is 0.833. The van der Waals surface area contributed by atoms with Crippen molar-refractivity contribution in [3.63, 3.8) is 0 Å². The molecule has 0 aromatic rings. The average molecular weight is 262 g/mol. The van der Waals surface area contributed by atoms with Gasteiger partial charge in [0.2, 0.25) is 0 Å². The molecule has 0 aliphatic rings. The van der Waals surface area contributed by atoms with Gasteiger partial charge in [-0.2, -0.15) is 0 Å². The molecule has 6 nitrogen and oxygen atoms in total. The van der Waals surface area contributed by atoms with E-state index in [-0.39, 0.29) is 19.3 Å². The number of hydrogen-bond acceptors (Lipinski definition) is 6. The maximum absolute atomic E-state index is 11.4. The van der Waals surface area contributed by atoms with Crippen LogP contribution in [-0.2, 0) is 23.7 Å². The number of rotatable bonds is 8. The Hall–Kier alpha value is -1.30. The van der Waals surface area contributed by atoms with Crippen LogP contribution in [-0.4, -0.2) is 44.7 Å². The SMILES string of the molecule is CCC(COC(=O)OC(CC)COC(C)=O)OC. The smallest absolute Gasteiger partial charge is 0.462 e. The van der Waals surface area contributed by atoms with Crippen LogP contribution >= 0.6 is 0 Å². The zero-order chi connectivity index (χ0) is 14.0. The third-order valence-corrected chi connectivity index (χ3v) is 2.37. The quantitative estimate of drug-likeness (QED) is 0.622. The average Bonchev–Trinajstić information content (AvgIpc) is 2.35. The van der Waals surface area contributed by atoms with Crippen LogP contribution < -0.4 is 0 Å². The Labute approximate surface area is 108 Å². The molecule has 0 aliphatic carbocycles. The molecule has 0 bridgehead atoms. The topological polar surface area (TPSA) is 71.1 Å². The molecule has 0 aliphatic heterocycles. The molecule has 0 N–H and O–H groups in total. The first-order valence-electron chi connectivity index (χ1n) is 6.02. The van der Waals surface area contributed by atoms with Gasteiger partial charge in [-0.3, -0.25) is 4.79 Å². The van der Waals surface area contributed by atoms with Gasteiger partial charge in [-0.1, -0.05) is 13.8 Å². The van der Waals surface area contributed by atoms with E-state index in [1.165, 1.54) is 6.92 Å². The largest absolute Gasteiger partial charge is 0.508 e. The van der Waals surface area contributed by atoms with E-state index in [4.69, 9.17) is 18.9 Å². The lowest BCUT2D eigenvalue weighted by Crippen LogP contribution is -2.27. The van der Waals surface area contributed by atoms with Crippen molar-refractivity contribution in [1.82, 2.24) is 0 Å². The van der Waals surface area contributed by atoms with Crippen LogP contribution in [0, 0.1) is 0 Å². The Balaban J connectivity index is 3.92. The molecule has 0 amide bonds. The van der Waals surface area contributed by atoms with Gasteiger partial charge >= 0.3 is 12.1 Å². The summed E-state index contributed by atoms with van der Waals surface area (Å²) in [6.45, 7) is 5.25. The van der Waals surface area contributed by atoms with Crippen LogP contribution in [0.1, 0.15) is 33.6 Å². The van der Waals surface area contributed by atoms with Crippen molar-refractivity contribution in [2.75, 3.05) is 20.3 Å². The van der Waals surface area contributed by atoms with E-state index in [0.29, 0.717) is 6.42 Å². The summed E-state index contributed by atoms with van der Waals surface area (Å²) >= 11 is 0. The first-order valence-corrected chi connectivity index (χ1v) is 6.02. The van der Waals surface area contributed by atoms with Crippen molar-refractivity contribution in [3.8, 4) is 0 Å². The van der Waals surface area contributed by atoms with Crippen LogP contribution in [0.25, 0.3) is 0 Å². The Morgan fingerprint density at radius 1 is 1.00 bits per heavy atom. The maximum atomic E-state index is 11.4. The standard InChI is InChI=1S/C12H22O6/c1-5-10(15-4)7-17-12(14)18-11(6-2)8-16-9(3)13/h10-11H,5-8H2,1-4H3. The zero-order valence-corrected chi connectivity index (χ0v) is 11.4. The molecule has 2 atom stereocenters. The van der Waals surface area contributed by atoms with Gasteiger partial charge in [0.1, 0.15) is 19.3 Å². The highest BCUT2D eigenvalue weighted by Crippen LogP contribution is 2.03. The molecule has 0 radical (unpaired) electrons. The third-order valence-electron chi connectivity index (χ3n) is 2.37. The van der Waals surface area contributed by atoms with Gasteiger partial charge in [0, 0.05) is 14.0 Å². The number of carbonyl (C=O) groups excluding carboxylic acids is 2. The minimum Gasteiger partial charge on any atom is -0.462 e. The minimum atomic E-state index is -0.774. The van der Waals surface area contributed by atoms with Crippen molar-refractivity contribution in [2.24, 2.45) is 0 Å². The van der Waals surface area contributed by atoms with Crippen molar-refractivity contribution >= 4 is 12.1 Å². The van der Waals surface area contributed by atoms with Crippen LogP contribution in [0.3, 0.4) is 0 Å². The molecule has 106 valence electrons. The van der Waals surface area contributed by atoms with E-state index in [1.807, 2.05) is 13.8 Å². The molecule has 0 aromatic carbocycles. The third kappa shape index (κ3) is 7.89. The molecule has 0 spiro atoms. The number of esters is 1. The predicted octanol–water partition coefficient (Wildman–Crippen LogP) is 1.91. The molecule has 18 heavy (non-hydrogen) atoms. The number of carbonyl (C=O) groups is 2. The number of methoxy groups -OCH3 is 1. The first-order chi connectivity index (χ1) is 8.53. The molecule has 0 saturated carbocycles. The Bertz CT molecular complexity index is 249. The summed E-state index contributed by atoms with van der Waals surface area (Å²) in [5.74, 6) is -0.407. The summed E-state index contributed by atoms with van der Waals surface area (Å²) < 4.78 is 19.7. The highest BCUT2D eigenvalue weighted by Gasteiger charge is 2.16. The van der Waals surface area contributed by atoms with Gasteiger partial charge in [0.05, 0.1) is 6.10 Å². The van der Waals surface area contributed by atoms with Gasteiger partial charge < -0.3 is 18.9 Å². The second-order valence-corrected chi connectivity index (χ2v) is 3.78. The number of hydrogen-bond donors (Lipinski definition) is 0. The Kier molecular flexibility index (Phi) is 9.00. The van der Waals surface area contributed by atoms with Gasteiger partial charge in [0.15, 0.2) is 0 Å². The van der Waals surface area contributed by atoms with Crippen LogP contribution in [0.5, 0.6) is 0 Å². The summed E-state index contributed by atoms with van der Waals surface area (Å²) in [5, 5.41) is 0. The molecule has 2 unspecified atom stereocenters. The molecule has 0 aromatic heterocycles. The molecule has 0 fully saturated rings. The van der Waals surface area contributed by atoms with Gasteiger partial charge in [0.25, 0.3) is 0 Å². The van der Waals surface area contributed by atoms with Gasteiger partial charge in [-0.15, -0.1) is 0 Å². The van der Waals surface area contributed by atoms with Gasteiger partial charge in [-0.05, 0) is 12.8 Å². The summed E-state index contributed by atoms with van der Waals surface area (Å²) in [4.78, 5) is 22.0. The Morgan fingerprint density at radius 3 is 2.00 bits per heavy atom. The van der Waals surface area contributed by atoms with E-state index >= 15 is 0 Å². The van der Waals surface area contributed by atoms with Crippen molar-refractivity contribution in [2.45, 2.75) is 45.8 Å². The second-order valence-electron chi connectivity index (χ2n) is 3.78. The fourth-order valence-corrected chi connectivity index (χ4v) is 1.13. The highest BCUT2D eigenvalue weighted by molar-refractivity contribution is 5.66. The lowest BCUT2D eigenvalue weighted by molar-refractivity contribution is -0.144. The van der Waals surface area contributed by atoms with E-state index < -0.39 is 18.2 Å². The van der Waals surface area contributed by atoms with E-state index in [9.17, 15) is 9.59 Å². The van der Waals surface area contributed by atoms with Gasteiger partial charge in [-0.25, -0.2) is 4.79 Å². The molecule has 0 heterocycles. The molecular formula is C12H22O6. The van der Waals surface area contributed by atoms with Crippen molar-refractivity contribution in [1.29, 1.82) is 0 Å². The summed E-state index contributed by atoms with van der Waals surface area (Å²) in [6.07, 6.45) is -0.0993. The minimum absolute atomic E-state index is 0.0441. The molecular weight excluding hydrogens is 240 g/mol. The molecule has 0 saturated heterocycles. The van der Waals surface area contributed by atoms with Crippen molar-refractivity contribution < 1.29 is 28.5 Å². The van der Waals surface area contributed by atoms with Crippen LogP contribution in [0.2, 0.25) is 0 Å². The summed E-state index contributed by atoms with van der Waals surface area (Å²) in [7, 11) is 1.55. The summed E-state index contributed by atoms with van der Waals surface area (Å²) in [5.41, 5.74) is 0. The summed E-state index contributed by atoms with van der Waals surface area (Å²) in [6, 6.07) is 0. The van der Waals surface area contributed by atoms with E-state index in [2.05, 4.69) is 0 Å². The van der Waals surface area contributed by atoms with Crippen LogP contribution in [0.4, 0.5) is 4.79 Å². The Morgan fingerprint density at radius 2 is 1.56 bits per heavy atom. The monoisotopic (exact) mass is 262 g/mol. The second kappa shape index (κ2) is 9.70. The van der Waals surface area contributed by atoms with E-state index in [0.717, 1.165) is 6.42 Å². The van der Waals surface area contributed by atoms with Crippen molar-refractivity contribution in [3.05, 3.63) is 0 Å². The maximum Gasteiger partial charge on any atom is 0.508 e. The van der Waals surface area contributed by atoms with Crippen LogP contribution in [0.15, 0.2) is 0 Å². The normalized spacial score (nSPS) is 13.6. The predicted molar refractivity (Wildman–Crippen MR) is 64.2 cm³/mol. The molecule has 0 rings (SSSR count). The highest BCUT2D eigenvalue weighted by atomic mass is 16.7. The number of ether oxygens (including phenoxy) is 4. The zero-order valence-electron chi connectivity index (χ0n) is 11.4. The first kappa shape index (κ1) is 16.7. The molecule has 6 heteroatoms. The fourth-order valence-electron chi connectivity index (χ4n) is 1.13.